The summed E-state index contributed by atoms with van der Waals surface area (Å²) in [7, 11) is 1.60. The number of carbonyl (C=O) groups is 2. The molecule has 1 heterocycles. The Balaban J connectivity index is 1.99. The van der Waals surface area contributed by atoms with Crippen LogP contribution in [0.25, 0.3) is 6.08 Å². The van der Waals surface area contributed by atoms with E-state index in [9.17, 15) is 9.59 Å². The number of unbranched alkanes of at least 4 members (excludes halogenated alkanes) is 4. The van der Waals surface area contributed by atoms with Gasteiger partial charge in [-0.3, -0.25) is 14.5 Å². The summed E-state index contributed by atoms with van der Waals surface area (Å²) in [6.07, 6.45) is 9.42. The Bertz CT molecular complexity index is 840. The number of hydrogen-bond donors (Lipinski definition) is 1. The fourth-order valence-electron chi connectivity index (χ4n) is 3.41. The van der Waals surface area contributed by atoms with E-state index in [0.29, 0.717) is 33.7 Å². The standard InChI is InChI=1S/C24H33NO5S2/c1-4-5-6-7-8-10-17(2)30-19-13-12-18(15-20(19)29-3)16-21-23(28)25(24(31)32-21)14-9-11-22(26)27/h12-13,15-17H,4-11,14H2,1-3H3,(H,26,27)/b21-16+. The minimum Gasteiger partial charge on any atom is -0.493 e. The zero-order valence-corrected chi connectivity index (χ0v) is 20.7. The number of carboxylic acid groups (broad SMARTS) is 1. The van der Waals surface area contributed by atoms with Gasteiger partial charge < -0.3 is 14.6 Å². The van der Waals surface area contributed by atoms with Gasteiger partial charge in [-0.05, 0) is 50.0 Å². The van der Waals surface area contributed by atoms with Crippen LogP contribution in [0.15, 0.2) is 23.1 Å². The number of thioether (sulfide) groups is 1. The second-order valence-electron chi connectivity index (χ2n) is 7.87. The molecule has 8 heteroatoms. The highest BCUT2D eigenvalue weighted by Gasteiger charge is 2.31. The molecule has 1 N–H and O–H groups in total. The van der Waals surface area contributed by atoms with Gasteiger partial charge in [0.25, 0.3) is 5.91 Å². The van der Waals surface area contributed by atoms with Crippen LogP contribution in [-0.4, -0.2) is 46.0 Å². The van der Waals surface area contributed by atoms with Crippen molar-refractivity contribution in [1.29, 1.82) is 0 Å². The molecule has 0 saturated carbocycles. The van der Waals surface area contributed by atoms with E-state index in [4.69, 9.17) is 26.8 Å². The lowest BCUT2D eigenvalue weighted by Gasteiger charge is -2.17. The first-order valence-corrected chi connectivity index (χ1v) is 12.4. The number of rotatable bonds is 14. The van der Waals surface area contributed by atoms with Crippen molar-refractivity contribution < 1.29 is 24.2 Å². The van der Waals surface area contributed by atoms with Gasteiger partial charge in [0.05, 0.1) is 18.1 Å². The lowest BCUT2D eigenvalue weighted by molar-refractivity contribution is -0.137. The molecule has 1 amide bonds. The third kappa shape index (κ3) is 8.13. The number of nitrogens with zero attached hydrogens (tertiary/aromatic N) is 1. The van der Waals surface area contributed by atoms with Gasteiger partial charge in [0.1, 0.15) is 4.32 Å². The molecule has 1 aliphatic heterocycles. The van der Waals surface area contributed by atoms with Crippen molar-refractivity contribution >= 4 is 46.3 Å². The first-order valence-electron chi connectivity index (χ1n) is 11.2. The largest absolute Gasteiger partial charge is 0.493 e. The first-order chi connectivity index (χ1) is 15.3. The highest BCUT2D eigenvalue weighted by molar-refractivity contribution is 8.26. The number of thiocarbonyl (C=S) groups is 1. The van der Waals surface area contributed by atoms with Crippen molar-refractivity contribution in [2.75, 3.05) is 13.7 Å². The minimum atomic E-state index is -0.883. The summed E-state index contributed by atoms with van der Waals surface area (Å²) in [6, 6.07) is 5.61. The van der Waals surface area contributed by atoms with Gasteiger partial charge in [0.15, 0.2) is 11.5 Å². The van der Waals surface area contributed by atoms with E-state index >= 15 is 0 Å². The van der Waals surface area contributed by atoms with Crippen molar-refractivity contribution in [2.45, 2.75) is 71.3 Å². The molecule has 1 aromatic carbocycles. The number of ether oxygens (including phenoxy) is 2. The van der Waals surface area contributed by atoms with Gasteiger partial charge in [0, 0.05) is 13.0 Å². The molecule has 32 heavy (non-hydrogen) atoms. The van der Waals surface area contributed by atoms with Crippen LogP contribution < -0.4 is 9.47 Å². The molecule has 0 aromatic heterocycles. The van der Waals surface area contributed by atoms with Gasteiger partial charge in [-0.25, -0.2) is 0 Å². The number of aliphatic carboxylic acids is 1. The summed E-state index contributed by atoms with van der Waals surface area (Å²) in [4.78, 5) is 25.4. The SMILES string of the molecule is CCCCCCCC(C)Oc1ccc(/C=C2/SC(=S)N(CCCC(=O)O)C2=O)cc1OC. The van der Waals surface area contributed by atoms with E-state index in [1.807, 2.05) is 18.2 Å². The van der Waals surface area contributed by atoms with Crippen LogP contribution >= 0.6 is 24.0 Å². The topological polar surface area (TPSA) is 76.1 Å². The Hall–Kier alpha value is -2.06. The molecule has 176 valence electrons. The number of carbonyl (C=O) groups excluding carboxylic acids is 1. The van der Waals surface area contributed by atoms with E-state index in [1.54, 1.807) is 13.2 Å². The average molecular weight is 480 g/mol. The summed E-state index contributed by atoms with van der Waals surface area (Å²) in [5.74, 6) is 0.230. The van der Waals surface area contributed by atoms with Crippen LogP contribution in [0.4, 0.5) is 0 Å². The van der Waals surface area contributed by atoms with E-state index in [2.05, 4.69) is 13.8 Å². The van der Waals surface area contributed by atoms with E-state index in [0.717, 1.165) is 18.4 Å². The maximum atomic E-state index is 12.7. The number of carboxylic acids is 1. The van der Waals surface area contributed by atoms with Crippen molar-refractivity contribution in [3.63, 3.8) is 0 Å². The highest BCUT2D eigenvalue weighted by atomic mass is 32.2. The number of methoxy groups -OCH3 is 1. The minimum absolute atomic E-state index is 0.00588. The molecule has 0 aliphatic carbocycles. The van der Waals surface area contributed by atoms with E-state index in [1.165, 1.54) is 42.3 Å². The van der Waals surface area contributed by atoms with Crippen LogP contribution in [0, 0.1) is 0 Å². The first kappa shape index (κ1) is 26.2. The Kier molecular flexibility index (Phi) is 11.0. The zero-order valence-electron chi connectivity index (χ0n) is 19.1. The Labute approximate surface area is 200 Å². The predicted molar refractivity (Wildman–Crippen MR) is 133 cm³/mol. The molecule has 1 fully saturated rings. The normalized spacial score (nSPS) is 16.0. The number of benzene rings is 1. The summed E-state index contributed by atoms with van der Waals surface area (Å²) in [5.41, 5.74) is 0.812. The molecular formula is C24H33NO5S2. The highest BCUT2D eigenvalue weighted by Crippen LogP contribution is 2.35. The van der Waals surface area contributed by atoms with Gasteiger partial charge in [-0.15, -0.1) is 0 Å². The average Bonchev–Trinajstić information content (AvgIpc) is 3.01. The number of hydrogen-bond acceptors (Lipinski definition) is 6. The summed E-state index contributed by atoms with van der Waals surface area (Å²) in [6.45, 7) is 4.59. The molecular weight excluding hydrogens is 446 g/mol. The smallest absolute Gasteiger partial charge is 0.303 e. The third-order valence-corrected chi connectivity index (χ3v) is 6.55. The van der Waals surface area contributed by atoms with Crippen LogP contribution in [0.3, 0.4) is 0 Å². The molecule has 6 nitrogen and oxygen atoms in total. The molecule has 1 unspecified atom stereocenters. The number of amides is 1. The monoisotopic (exact) mass is 479 g/mol. The van der Waals surface area contributed by atoms with Crippen LogP contribution in [0.5, 0.6) is 11.5 Å². The molecule has 1 aromatic rings. The van der Waals surface area contributed by atoms with Gasteiger partial charge >= 0.3 is 5.97 Å². The fourth-order valence-corrected chi connectivity index (χ4v) is 4.72. The van der Waals surface area contributed by atoms with Crippen LogP contribution in [-0.2, 0) is 9.59 Å². The maximum Gasteiger partial charge on any atom is 0.303 e. The molecule has 0 spiro atoms. The Morgan fingerprint density at radius 1 is 1.22 bits per heavy atom. The third-order valence-electron chi connectivity index (χ3n) is 5.17. The predicted octanol–water partition coefficient (Wildman–Crippen LogP) is 5.89. The summed E-state index contributed by atoms with van der Waals surface area (Å²) in [5, 5.41) is 8.79. The molecule has 2 rings (SSSR count). The molecule has 0 bridgehead atoms. The summed E-state index contributed by atoms with van der Waals surface area (Å²) >= 11 is 6.53. The molecule has 0 radical (unpaired) electrons. The Morgan fingerprint density at radius 3 is 2.66 bits per heavy atom. The quantitative estimate of drug-likeness (QED) is 0.203. The zero-order chi connectivity index (χ0) is 23.5. The van der Waals surface area contributed by atoms with Gasteiger partial charge in [-0.1, -0.05) is 62.7 Å². The van der Waals surface area contributed by atoms with Crippen LogP contribution in [0.1, 0.15) is 70.8 Å². The second-order valence-corrected chi connectivity index (χ2v) is 9.55. The van der Waals surface area contributed by atoms with Gasteiger partial charge in [-0.2, -0.15) is 0 Å². The molecule has 1 atom stereocenters. The Morgan fingerprint density at radius 2 is 1.97 bits per heavy atom. The van der Waals surface area contributed by atoms with Crippen molar-refractivity contribution in [3.8, 4) is 11.5 Å². The van der Waals surface area contributed by atoms with E-state index < -0.39 is 5.97 Å². The van der Waals surface area contributed by atoms with E-state index in [-0.39, 0.29) is 18.4 Å². The van der Waals surface area contributed by atoms with Crippen molar-refractivity contribution in [3.05, 3.63) is 28.7 Å². The second kappa shape index (κ2) is 13.5. The molecule has 1 aliphatic rings. The van der Waals surface area contributed by atoms with Crippen molar-refractivity contribution in [1.82, 2.24) is 4.90 Å². The summed E-state index contributed by atoms with van der Waals surface area (Å²) < 4.78 is 12.1. The lowest BCUT2D eigenvalue weighted by Crippen LogP contribution is -2.29. The van der Waals surface area contributed by atoms with Crippen LogP contribution in [0.2, 0.25) is 0 Å². The maximum absolute atomic E-state index is 12.7. The fraction of sp³-hybridized carbons (Fsp3) is 0.542. The lowest BCUT2D eigenvalue weighted by atomic mass is 10.1. The van der Waals surface area contributed by atoms with Gasteiger partial charge in [0.2, 0.25) is 0 Å². The molecule has 1 saturated heterocycles. The van der Waals surface area contributed by atoms with Crippen molar-refractivity contribution in [2.24, 2.45) is 0 Å².